The molecule has 0 aliphatic carbocycles. The number of rotatable bonds is 0. The Morgan fingerprint density at radius 3 is 3.08 bits per heavy atom. The van der Waals surface area contributed by atoms with Gasteiger partial charge in [0.2, 0.25) is 0 Å². The average Bonchev–Trinajstić information content (AvgIpc) is 2.70. The molecule has 3 nitrogen and oxygen atoms in total. The summed E-state index contributed by atoms with van der Waals surface area (Å²) in [6.45, 7) is 1.35. The molecule has 0 aromatic heterocycles. The molecule has 1 aromatic rings. The molecule has 68 valence electrons. The van der Waals surface area contributed by atoms with Crippen molar-refractivity contribution in [1.82, 2.24) is 0 Å². The molecule has 0 saturated heterocycles. The van der Waals surface area contributed by atoms with E-state index in [1.165, 1.54) is 5.56 Å². The SMILES string of the molecule is N[C@H]1COc2c1ccc1c2OCC1. The van der Waals surface area contributed by atoms with Gasteiger partial charge in [-0.2, -0.15) is 0 Å². The van der Waals surface area contributed by atoms with E-state index >= 15 is 0 Å². The molecule has 0 bridgehead atoms. The highest BCUT2D eigenvalue weighted by Crippen LogP contribution is 2.43. The Kier molecular flexibility index (Phi) is 1.32. The van der Waals surface area contributed by atoms with Gasteiger partial charge in [-0.15, -0.1) is 0 Å². The Labute approximate surface area is 76.4 Å². The van der Waals surface area contributed by atoms with Crippen molar-refractivity contribution in [1.29, 1.82) is 0 Å². The summed E-state index contributed by atoms with van der Waals surface area (Å²) < 4.78 is 11.0. The first-order valence-corrected chi connectivity index (χ1v) is 4.53. The lowest BCUT2D eigenvalue weighted by Gasteiger charge is -2.05. The van der Waals surface area contributed by atoms with Crippen LogP contribution in [0.4, 0.5) is 0 Å². The molecule has 13 heavy (non-hydrogen) atoms. The van der Waals surface area contributed by atoms with E-state index in [0.717, 1.165) is 30.1 Å². The van der Waals surface area contributed by atoms with Crippen LogP contribution in [0.5, 0.6) is 11.5 Å². The van der Waals surface area contributed by atoms with E-state index in [2.05, 4.69) is 12.1 Å². The molecule has 2 N–H and O–H groups in total. The Morgan fingerprint density at radius 1 is 1.23 bits per heavy atom. The highest BCUT2D eigenvalue weighted by molar-refractivity contribution is 5.56. The number of nitrogens with two attached hydrogens (primary N) is 1. The molecule has 0 radical (unpaired) electrons. The van der Waals surface area contributed by atoms with Crippen LogP contribution < -0.4 is 15.2 Å². The predicted octanol–water partition coefficient (Wildman–Crippen LogP) is 1.01. The summed E-state index contributed by atoms with van der Waals surface area (Å²) in [5.41, 5.74) is 8.19. The zero-order chi connectivity index (χ0) is 8.84. The van der Waals surface area contributed by atoms with Gasteiger partial charge in [-0.1, -0.05) is 12.1 Å². The molecule has 2 heterocycles. The molecule has 0 fully saturated rings. The summed E-state index contributed by atoms with van der Waals surface area (Å²) >= 11 is 0. The van der Waals surface area contributed by atoms with Gasteiger partial charge in [-0.3, -0.25) is 0 Å². The van der Waals surface area contributed by atoms with E-state index in [9.17, 15) is 0 Å². The fourth-order valence-electron chi connectivity index (χ4n) is 1.94. The van der Waals surface area contributed by atoms with E-state index < -0.39 is 0 Å². The lowest BCUT2D eigenvalue weighted by molar-refractivity contribution is 0.300. The van der Waals surface area contributed by atoms with Crippen molar-refractivity contribution in [2.24, 2.45) is 5.73 Å². The van der Waals surface area contributed by atoms with Crippen molar-refractivity contribution in [2.75, 3.05) is 13.2 Å². The first-order valence-electron chi connectivity index (χ1n) is 4.53. The number of fused-ring (bicyclic) bond motifs is 3. The number of hydrogen-bond donors (Lipinski definition) is 1. The van der Waals surface area contributed by atoms with E-state index in [1.807, 2.05) is 0 Å². The molecule has 0 spiro atoms. The van der Waals surface area contributed by atoms with Gasteiger partial charge >= 0.3 is 0 Å². The van der Waals surface area contributed by atoms with Gasteiger partial charge in [0, 0.05) is 17.5 Å². The van der Waals surface area contributed by atoms with Crippen LogP contribution in [0.1, 0.15) is 17.2 Å². The summed E-state index contributed by atoms with van der Waals surface area (Å²) in [4.78, 5) is 0. The van der Waals surface area contributed by atoms with Gasteiger partial charge in [0.05, 0.1) is 12.6 Å². The number of ether oxygens (including phenoxy) is 2. The second-order valence-corrected chi connectivity index (χ2v) is 3.49. The largest absolute Gasteiger partial charge is 0.489 e. The minimum atomic E-state index is 0.0181. The predicted molar refractivity (Wildman–Crippen MR) is 48.1 cm³/mol. The van der Waals surface area contributed by atoms with Gasteiger partial charge in [-0.05, 0) is 0 Å². The summed E-state index contributed by atoms with van der Waals surface area (Å²) in [5, 5.41) is 0. The van der Waals surface area contributed by atoms with E-state index in [1.54, 1.807) is 0 Å². The maximum absolute atomic E-state index is 5.86. The van der Waals surface area contributed by atoms with Crippen LogP contribution in [0, 0.1) is 0 Å². The Morgan fingerprint density at radius 2 is 2.15 bits per heavy atom. The molecule has 0 saturated carbocycles. The van der Waals surface area contributed by atoms with Crippen molar-refractivity contribution in [2.45, 2.75) is 12.5 Å². The molecule has 3 heteroatoms. The first-order chi connectivity index (χ1) is 6.36. The minimum absolute atomic E-state index is 0.0181. The Hall–Kier alpha value is -1.22. The van der Waals surface area contributed by atoms with Gasteiger partial charge in [-0.25, -0.2) is 0 Å². The van der Waals surface area contributed by atoms with Crippen molar-refractivity contribution >= 4 is 0 Å². The van der Waals surface area contributed by atoms with Crippen LogP contribution >= 0.6 is 0 Å². The van der Waals surface area contributed by atoms with E-state index in [0.29, 0.717) is 6.61 Å². The molecule has 2 aliphatic rings. The van der Waals surface area contributed by atoms with Crippen molar-refractivity contribution in [3.05, 3.63) is 23.3 Å². The Bertz CT molecular complexity index is 362. The van der Waals surface area contributed by atoms with E-state index in [-0.39, 0.29) is 6.04 Å². The molecular weight excluding hydrogens is 166 g/mol. The molecule has 0 unspecified atom stereocenters. The number of benzene rings is 1. The van der Waals surface area contributed by atoms with Crippen molar-refractivity contribution in [3.8, 4) is 11.5 Å². The smallest absolute Gasteiger partial charge is 0.166 e. The maximum Gasteiger partial charge on any atom is 0.166 e. The molecule has 1 aromatic carbocycles. The molecule has 0 amide bonds. The number of hydrogen-bond acceptors (Lipinski definition) is 3. The van der Waals surface area contributed by atoms with Gasteiger partial charge in [0.25, 0.3) is 0 Å². The van der Waals surface area contributed by atoms with Crippen LogP contribution in [-0.4, -0.2) is 13.2 Å². The third kappa shape index (κ3) is 0.877. The third-order valence-electron chi connectivity index (χ3n) is 2.65. The zero-order valence-corrected chi connectivity index (χ0v) is 7.25. The van der Waals surface area contributed by atoms with Gasteiger partial charge in [0.15, 0.2) is 11.5 Å². The van der Waals surface area contributed by atoms with Crippen LogP contribution in [0.2, 0.25) is 0 Å². The quantitative estimate of drug-likeness (QED) is 0.643. The summed E-state index contributed by atoms with van der Waals surface area (Å²) in [5.74, 6) is 1.80. The van der Waals surface area contributed by atoms with Crippen LogP contribution in [-0.2, 0) is 6.42 Å². The highest BCUT2D eigenvalue weighted by atomic mass is 16.5. The first kappa shape index (κ1) is 7.21. The molecular formula is C10H11NO2. The summed E-state index contributed by atoms with van der Waals surface area (Å²) in [7, 11) is 0. The monoisotopic (exact) mass is 177 g/mol. The lowest BCUT2D eigenvalue weighted by atomic mass is 10.1. The second kappa shape index (κ2) is 2.39. The average molecular weight is 177 g/mol. The van der Waals surface area contributed by atoms with Gasteiger partial charge in [0.1, 0.15) is 6.61 Å². The molecule has 3 rings (SSSR count). The van der Waals surface area contributed by atoms with Crippen molar-refractivity contribution in [3.63, 3.8) is 0 Å². The second-order valence-electron chi connectivity index (χ2n) is 3.49. The normalized spacial score (nSPS) is 23.3. The molecule has 2 aliphatic heterocycles. The lowest BCUT2D eigenvalue weighted by Crippen LogP contribution is -2.10. The highest BCUT2D eigenvalue weighted by Gasteiger charge is 2.28. The van der Waals surface area contributed by atoms with Crippen LogP contribution in [0.15, 0.2) is 12.1 Å². The zero-order valence-electron chi connectivity index (χ0n) is 7.25. The third-order valence-corrected chi connectivity index (χ3v) is 2.65. The Balaban J connectivity index is 2.21. The molecule has 1 atom stereocenters. The summed E-state index contributed by atoms with van der Waals surface area (Å²) in [6.07, 6.45) is 0.987. The van der Waals surface area contributed by atoms with Crippen LogP contribution in [0.3, 0.4) is 0 Å². The van der Waals surface area contributed by atoms with E-state index in [4.69, 9.17) is 15.2 Å². The van der Waals surface area contributed by atoms with Crippen LogP contribution in [0.25, 0.3) is 0 Å². The topological polar surface area (TPSA) is 44.5 Å². The van der Waals surface area contributed by atoms with Crippen molar-refractivity contribution < 1.29 is 9.47 Å². The maximum atomic E-state index is 5.86. The standard InChI is InChI=1S/C10H11NO2/c11-8-5-13-10-7(8)2-1-6-3-4-12-9(6)10/h1-2,8H,3-5,11H2/t8-/m0/s1. The fraction of sp³-hybridized carbons (Fsp3) is 0.400. The fourth-order valence-corrected chi connectivity index (χ4v) is 1.94. The van der Waals surface area contributed by atoms with Gasteiger partial charge < -0.3 is 15.2 Å². The summed E-state index contributed by atoms with van der Waals surface area (Å²) in [6, 6.07) is 4.17. The minimum Gasteiger partial charge on any atom is -0.489 e.